The first kappa shape index (κ1) is 25.7. The van der Waals surface area contributed by atoms with Crippen molar-refractivity contribution in [3.8, 4) is 11.4 Å². The molecule has 0 spiro atoms. The van der Waals surface area contributed by atoms with Crippen molar-refractivity contribution in [3.63, 3.8) is 0 Å². The smallest absolute Gasteiger partial charge is 0.190 e. The SMILES string of the molecule is CN=C(NCCCOCc1ccc(OC)cc1)NCCc1ccc(-n2cccn2)cc1.I. The molecule has 0 amide bonds. The van der Waals surface area contributed by atoms with E-state index in [0.717, 1.165) is 48.9 Å². The van der Waals surface area contributed by atoms with Crippen molar-refractivity contribution in [2.24, 2.45) is 4.99 Å². The summed E-state index contributed by atoms with van der Waals surface area (Å²) in [6.45, 7) is 2.92. The van der Waals surface area contributed by atoms with Crippen LogP contribution in [0.25, 0.3) is 5.69 Å². The first-order valence-electron chi connectivity index (χ1n) is 10.5. The van der Waals surface area contributed by atoms with E-state index in [1.807, 2.05) is 41.2 Å². The van der Waals surface area contributed by atoms with E-state index in [1.54, 1.807) is 20.4 Å². The predicted molar refractivity (Wildman–Crippen MR) is 139 cm³/mol. The predicted octanol–water partition coefficient (Wildman–Crippen LogP) is 3.81. The van der Waals surface area contributed by atoms with Gasteiger partial charge in [0.15, 0.2) is 5.96 Å². The number of nitrogens with one attached hydrogen (secondary N) is 2. The van der Waals surface area contributed by atoms with Crippen molar-refractivity contribution in [3.05, 3.63) is 78.1 Å². The van der Waals surface area contributed by atoms with Gasteiger partial charge >= 0.3 is 0 Å². The highest BCUT2D eigenvalue weighted by Gasteiger charge is 2.00. The number of hydrogen-bond donors (Lipinski definition) is 2. The second-order valence-corrected chi connectivity index (χ2v) is 7.05. The molecule has 3 rings (SSSR count). The molecule has 0 fully saturated rings. The third kappa shape index (κ3) is 8.51. The molecule has 32 heavy (non-hydrogen) atoms. The van der Waals surface area contributed by atoms with E-state index in [2.05, 4.69) is 45.0 Å². The van der Waals surface area contributed by atoms with E-state index in [0.29, 0.717) is 13.2 Å². The van der Waals surface area contributed by atoms with Crippen LogP contribution >= 0.6 is 24.0 Å². The van der Waals surface area contributed by atoms with E-state index in [4.69, 9.17) is 9.47 Å². The van der Waals surface area contributed by atoms with Gasteiger partial charge in [-0.15, -0.1) is 24.0 Å². The molecule has 0 saturated carbocycles. The molecule has 0 aliphatic carbocycles. The fourth-order valence-corrected chi connectivity index (χ4v) is 3.08. The lowest BCUT2D eigenvalue weighted by Gasteiger charge is -2.12. The Morgan fingerprint density at radius 1 is 1.00 bits per heavy atom. The third-order valence-electron chi connectivity index (χ3n) is 4.82. The van der Waals surface area contributed by atoms with E-state index in [9.17, 15) is 0 Å². The molecule has 2 aromatic carbocycles. The summed E-state index contributed by atoms with van der Waals surface area (Å²) in [4.78, 5) is 4.28. The molecule has 0 radical (unpaired) electrons. The standard InChI is InChI=1S/C24H31N5O2.HI/c1-25-24(26-14-4-18-31-19-21-7-11-23(30-2)12-8-21)27-16-13-20-5-9-22(10-6-20)29-17-3-15-28-29;/h3,5-12,15,17H,4,13-14,16,18-19H2,1-2H3,(H2,25,26,27);1H. The van der Waals surface area contributed by atoms with Gasteiger partial charge in [0.25, 0.3) is 0 Å². The van der Waals surface area contributed by atoms with Crippen LogP contribution in [0.15, 0.2) is 72.0 Å². The Balaban J connectivity index is 0.00000363. The number of halogens is 1. The average Bonchev–Trinajstić information content (AvgIpc) is 3.36. The zero-order valence-electron chi connectivity index (χ0n) is 18.7. The van der Waals surface area contributed by atoms with Gasteiger partial charge in [-0.1, -0.05) is 24.3 Å². The fraction of sp³-hybridized carbons (Fsp3) is 0.333. The maximum Gasteiger partial charge on any atom is 0.190 e. The zero-order valence-corrected chi connectivity index (χ0v) is 21.0. The Bertz CT molecular complexity index is 913. The normalized spacial score (nSPS) is 11.0. The van der Waals surface area contributed by atoms with Gasteiger partial charge in [0.05, 0.1) is 19.4 Å². The molecule has 3 aromatic rings. The van der Waals surface area contributed by atoms with Crippen LogP contribution < -0.4 is 15.4 Å². The Morgan fingerprint density at radius 3 is 2.38 bits per heavy atom. The highest BCUT2D eigenvalue weighted by atomic mass is 127. The molecule has 172 valence electrons. The third-order valence-corrected chi connectivity index (χ3v) is 4.82. The largest absolute Gasteiger partial charge is 0.497 e. The van der Waals surface area contributed by atoms with Crippen molar-refractivity contribution in [2.45, 2.75) is 19.4 Å². The van der Waals surface area contributed by atoms with Crippen LogP contribution in [0.3, 0.4) is 0 Å². The average molecular weight is 549 g/mol. The minimum Gasteiger partial charge on any atom is -0.497 e. The van der Waals surface area contributed by atoms with Crippen molar-refractivity contribution in [1.29, 1.82) is 0 Å². The van der Waals surface area contributed by atoms with Crippen LogP contribution in [0.1, 0.15) is 17.5 Å². The maximum absolute atomic E-state index is 5.74. The molecule has 1 aromatic heterocycles. The minimum absolute atomic E-state index is 0. The van der Waals surface area contributed by atoms with Gasteiger partial charge in [-0.05, 0) is 54.3 Å². The number of aromatic nitrogens is 2. The van der Waals surface area contributed by atoms with E-state index < -0.39 is 0 Å². The second kappa shape index (κ2) is 14.5. The van der Waals surface area contributed by atoms with E-state index in [1.165, 1.54) is 5.56 Å². The Hall–Kier alpha value is -2.59. The Labute approximate surface area is 207 Å². The van der Waals surface area contributed by atoms with Crippen LogP contribution in [0.4, 0.5) is 0 Å². The molecule has 7 nitrogen and oxygen atoms in total. The maximum atomic E-state index is 5.74. The topological polar surface area (TPSA) is 72.7 Å². The highest BCUT2D eigenvalue weighted by Crippen LogP contribution is 2.12. The molecule has 0 atom stereocenters. The molecule has 2 N–H and O–H groups in total. The van der Waals surface area contributed by atoms with Crippen molar-refractivity contribution in [2.75, 3.05) is 33.9 Å². The molecule has 1 heterocycles. The highest BCUT2D eigenvalue weighted by molar-refractivity contribution is 14.0. The van der Waals surface area contributed by atoms with Crippen molar-refractivity contribution in [1.82, 2.24) is 20.4 Å². The number of methoxy groups -OCH3 is 1. The van der Waals surface area contributed by atoms with Crippen LogP contribution in [-0.4, -0.2) is 49.6 Å². The van der Waals surface area contributed by atoms with Gasteiger partial charge in [0.2, 0.25) is 0 Å². The summed E-state index contributed by atoms with van der Waals surface area (Å²) in [5, 5.41) is 10.9. The number of hydrogen-bond acceptors (Lipinski definition) is 4. The van der Waals surface area contributed by atoms with Gasteiger partial charge in [0, 0.05) is 39.1 Å². The molecular weight excluding hydrogens is 517 g/mol. The summed E-state index contributed by atoms with van der Waals surface area (Å²) >= 11 is 0. The number of nitrogens with zero attached hydrogens (tertiary/aromatic N) is 3. The number of rotatable bonds is 11. The summed E-state index contributed by atoms with van der Waals surface area (Å²) in [5.41, 5.74) is 3.48. The van der Waals surface area contributed by atoms with E-state index in [-0.39, 0.29) is 24.0 Å². The van der Waals surface area contributed by atoms with Crippen molar-refractivity contribution < 1.29 is 9.47 Å². The fourth-order valence-electron chi connectivity index (χ4n) is 3.08. The van der Waals surface area contributed by atoms with Crippen LogP contribution in [0.5, 0.6) is 5.75 Å². The number of guanidine groups is 1. The number of benzene rings is 2. The lowest BCUT2D eigenvalue weighted by atomic mass is 10.1. The molecule has 0 aliphatic rings. The van der Waals surface area contributed by atoms with Gasteiger partial charge < -0.3 is 20.1 Å². The first-order valence-corrected chi connectivity index (χ1v) is 10.5. The molecule has 0 unspecified atom stereocenters. The van der Waals surface area contributed by atoms with Crippen LogP contribution in [0.2, 0.25) is 0 Å². The molecule has 8 heteroatoms. The summed E-state index contributed by atoms with van der Waals surface area (Å²) in [6, 6.07) is 18.3. The molecule has 0 bridgehead atoms. The summed E-state index contributed by atoms with van der Waals surface area (Å²) < 4.78 is 12.8. The van der Waals surface area contributed by atoms with Gasteiger partial charge in [-0.2, -0.15) is 5.10 Å². The lowest BCUT2D eigenvalue weighted by molar-refractivity contribution is 0.119. The first-order chi connectivity index (χ1) is 15.3. The number of ether oxygens (including phenoxy) is 2. The monoisotopic (exact) mass is 549 g/mol. The molecule has 0 saturated heterocycles. The summed E-state index contributed by atoms with van der Waals surface area (Å²) in [5.74, 6) is 1.67. The summed E-state index contributed by atoms with van der Waals surface area (Å²) in [6.07, 6.45) is 5.55. The van der Waals surface area contributed by atoms with Gasteiger partial charge in [0.1, 0.15) is 5.75 Å². The van der Waals surface area contributed by atoms with Crippen LogP contribution in [-0.2, 0) is 17.8 Å². The van der Waals surface area contributed by atoms with Gasteiger partial charge in [-0.3, -0.25) is 4.99 Å². The van der Waals surface area contributed by atoms with E-state index >= 15 is 0 Å². The van der Waals surface area contributed by atoms with Crippen LogP contribution in [0, 0.1) is 0 Å². The zero-order chi connectivity index (χ0) is 21.7. The Kier molecular flexibility index (Phi) is 11.6. The summed E-state index contributed by atoms with van der Waals surface area (Å²) in [7, 11) is 3.45. The lowest BCUT2D eigenvalue weighted by Crippen LogP contribution is -2.39. The number of aliphatic imine (C=N–C) groups is 1. The minimum atomic E-state index is 0. The quantitative estimate of drug-likeness (QED) is 0.165. The van der Waals surface area contributed by atoms with Gasteiger partial charge in [-0.25, -0.2) is 4.68 Å². The van der Waals surface area contributed by atoms with Crippen molar-refractivity contribution >= 4 is 29.9 Å². The molecular formula is C24H32IN5O2. The molecule has 0 aliphatic heterocycles. The Morgan fingerprint density at radius 2 is 1.72 bits per heavy atom. The second-order valence-electron chi connectivity index (χ2n) is 7.05.